The van der Waals surface area contributed by atoms with Gasteiger partial charge in [0.1, 0.15) is 0 Å². The third kappa shape index (κ3) is 3.70. The summed E-state index contributed by atoms with van der Waals surface area (Å²) in [6, 6.07) is 6.26. The first-order valence-corrected chi connectivity index (χ1v) is 7.66. The minimum Gasteiger partial charge on any atom is -0.396 e. The van der Waals surface area contributed by atoms with E-state index in [9.17, 15) is 5.11 Å². The fourth-order valence-electron chi connectivity index (χ4n) is 2.61. The normalized spacial score (nSPS) is 24.2. The van der Waals surface area contributed by atoms with Crippen molar-refractivity contribution in [1.29, 1.82) is 0 Å². The van der Waals surface area contributed by atoms with Gasteiger partial charge in [-0.1, -0.05) is 40.4 Å². The van der Waals surface area contributed by atoms with Crippen LogP contribution in [-0.2, 0) is 6.54 Å². The molecule has 0 saturated heterocycles. The first-order chi connectivity index (χ1) is 8.70. The fourth-order valence-corrected chi connectivity index (χ4v) is 3.20. The van der Waals surface area contributed by atoms with Crippen LogP contribution in [0.4, 0.5) is 0 Å². The van der Waals surface area contributed by atoms with Gasteiger partial charge in [0.2, 0.25) is 0 Å². The number of nitrogens with one attached hydrogen (secondary N) is 1. The molecule has 1 saturated carbocycles. The zero-order valence-corrected chi connectivity index (χ0v) is 12.7. The van der Waals surface area contributed by atoms with E-state index >= 15 is 0 Å². The first-order valence-electron chi connectivity index (χ1n) is 6.49. The Morgan fingerprint density at radius 2 is 2.11 bits per heavy atom. The summed E-state index contributed by atoms with van der Waals surface area (Å²) in [5.74, 6) is 0.400. The molecule has 2 atom stereocenters. The predicted molar refractivity (Wildman–Crippen MR) is 78.8 cm³/mol. The summed E-state index contributed by atoms with van der Waals surface area (Å²) in [5.41, 5.74) is 1.17. The number of benzene rings is 1. The molecule has 1 aliphatic carbocycles. The zero-order chi connectivity index (χ0) is 13.0. The molecule has 4 heteroatoms. The lowest BCUT2D eigenvalue weighted by Gasteiger charge is -2.31. The van der Waals surface area contributed by atoms with Crippen molar-refractivity contribution < 1.29 is 5.11 Å². The summed E-state index contributed by atoms with van der Waals surface area (Å²) in [6.07, 6.45) is 4.78. The molecule has 1 aliphatic rings. The molecule has 1 fully saturated rings. The Kier molecular flexibility index (Phi) is 5.49. The Bertz CT molecular complexity index is 399. The van der Waals surface area contributed by atoms with Gasteiger partial charge < -0.3 is 10.4 Å². The van der Waals surface area contributed by atoms with Crippen LogP contribution in [0, 0.1) is 5.92 Å². The minimum atomic E-state index is 0.286. The first kappa shape index (κ1) is 14.3. The molecule has 2 N–H and O–H groups in total. The van der Waals surface area contributed by atoms with Crippen LogP contribution in [0.3, 0.4) is 0 Å². The Hall–Kier alpha value is -0.0900. The topological polar surface area (TPSA) is 32.3 Å². The third-order valence-corrected chi connectivity index (χ3v) is 4.71. The van der Waals surface area contributed by atoms with Gasteiger partial charge in [-0.2, -0.15) is 0 Å². The van der Waals surface area contributed by atoms with Gasteiger partial charge in [0, 0.05) is 28.7 Å². The lowest BCUT2D eigenvalue weighted by atomic mass is 9.85. The number of aliphatic hydroxyl groups excluding tert-OH is 1. The highest BCUT2D eigenvalue weighted by atomic mass is 79.9. The molecular weight excluding hydrogens is 314 g/mol. The molecule has 100 valence electrons. The predicted octanol–water partition coefficient (Wildman–Crippen LogP) is 3.74. The van der Waals surface area contributed by atoms with E-state index in [-0.39, 0.29) is 6.61 Å². The summed E-state index contributed by atoms with van der Waals surface area (Å²) in [5, 5.41) is 13.7. The molecular formula is C14H19BrClNO. The van der Waals surface area contributed by atoms with Crippen LogP contribution in [0.15, 0.2) is 22.7 Å². The molecule has 2 rings (SSSR count). The van der Waals surface area contributed by atoms with Crippen LogP contribution in [0.25, 0.3) is 0 Å². The van der Waals surface area contributed by atoms with Gasteiger partial charge in [-0.15, -0.1) is 0 Å². The van der Waals surface area contributed by atoms with E-state index in [4.69, 9.17) is 11.6 Å². The SMILES string of the molecule is OCC1CCCCC1NCc1cc(Cl)ccc1Br. The van der Waals surface area contributed by atoms with E-state index in [2.05, 4.69) is 21.2 Å². The molecule has 1 aromatic carbocycles. The van der Waals surface area contributed by atoms with E-state index in [1.165, 1.54) is 18.4 Å². The van der Waals surface area contributed by atoms with Crippen molar-refractivity contribution in [2.24, 2.45) is 5.92 Å². The molecule has 0 heterocycles. The van der Waals surface area contributed by atoms with Crippen molar-refractivity contribution in [1.82, 2.24) is 5.32 Å². The van der Waals surface area contributed by atoms with Crippen LogP contribution >= 0.6 is 27.5 Å². The average molecular weight is 333 g/mol. The number of hydrogen-bond acceptors (Lipinski definition) is 2. The maximum Gasteiger partial charge on any atom is 0.0474 e. The van der Waals surface area contributed by atoms with Crippen LogP contribution in [0.1, 0.15) is 31.2 Å². The number of halogens is 2. The van der Waals surface area contributed by atoms with Gasteiger partial charge in [-0.25, -0.2) is 0 Å². The molecule has 0 bridgehead atoms. The highest BCUT2D eigenvalue weighted by Crippen LogP contribution is 2.26. The summed E-state index contributed by atoms with van der Waals surface area (Å²) >= 11 is 9.55. The largest absolute Gasteiger partial charge is 0.396 e. The van der Waals surface area contributed by atoms with Gasteiger partial charge in [-0.05, 0) is 42.5 Å². The Morgan fingerprint density at radius 1 is 1.33 bits per heavy atom. The highest BCUT2D eigenvalue weighted by Gasteiger charge is 2.23. The fraction of sp³-hybridized carbons (Fsp3) is 0.571. The molecule has 0 radical (unpaired) electrons. The van der Waals surface area contributed by atoms with Crippen LogP contribution in [0.5, 0.6) is 0 Å². The molecule has 18 heavy (non-hydrogen) atoms. The van der Waals surface area contributed by atoms with E-state index in [1.54, 1.807) is 0 Å². The average Bonchev–Trinajstić information content (AvgIpc) is 2.40. The van der Waals surface area contributed by atoms with Gasteiger partial charge in [0.05, 0.1) is 0 Å². The Labute approximate surface area is 122 Å². The summed E-state index contributed by atoms with van der Waals surface area (Å²) in [4.78, 5) is 0. The quantitative estimate of drug-likeness (QED) is 0.880. The molecule has 0 spiro atoms. The third-order valence-electron chi connectivity index (χ3n) is 3.71. The van der Waals surface area contributed by atoms with E-state index < -0.39 is 0 Å². The molecule has 2 nitrogen and oxygen atoms in total. The second kappa shape index (κ2) is 6.90. The summed E-state index contributed by atoms with van der Waals surface area (Å²) in [7, 11) is 0. The van der Waals surface area contributed by atoms with Crippen molar-refractivity contribution in [3.05, 3.63) is 33.3 Å². The molecule has 1 aromatic rings. The van der Waals surface area contributed by atoms with Crippen molar-refractivity contribution in [3.8, 4) is 0 Å². The standard InChI is InChI=1S/C14H19BrClNO/c15-13-6-5-12(16)7-11(13)8-17-14-4-2-1-3-10(14)9-18/h5-7,10,14,17-18H,1-4,8-9H2. The number of hydrogen-bond donors (Lipinski definition) is 2. The lowest BCUT2D eigenvalue weighted by molar-refractivity contribution is 0.152. The summed E-state index contributed by atoms with van der Waals surface area (Å²) in [6.45, 7) is 1.08. The molecule has 2 unspecified atom stereocenters. The van der Waals surface area contributed by atoms with Gasteiger partial charge in [-0.3, -0.25) is 0 Å². The van der Waals surface area contributed by atoms with Crippen LogP contribution < -0.4 is 5.32 Å². The van der Waals surface area contributed by atoms with Crippen LogP contribution in [-0.4, -0.2) is 17.8 Å². The summed E-state index contributed by atoms with van der Waals surface area (Å²) < 4.78 is 1.08. The number of rotatable bonds is 4. The Morgan fingerprint density at radius 3 is 2.89 bits per heavy atom. The number of aliphatic hydroxyl groups is 1. The van der Waals surface area contributed by atoms with E-state index in [0.29, 0.717) is 12.0 Å². The lowest BCUT2D eigenvalue weighted by Crippen LogP contribution is -2.39. The second-order valence-electron chi connectivity index (χ2n) is 4.95. The Balaban J connectivity index is 1.95. The monoisotopic (exact) mass is 331 g/mol. The van der Waals surface area contributed by atoms with Crippen molar-refractivity contribution in [3.63, 3.8) is 0 Å². The maximum absolute atomic E-state index is 9.39. The van der Waals surface area contributed by atoms with Gasteiger partial charge in [0.25, 0.3) is 0 Å². The van der Waals surface area contributed by atoms with Gasteiger partial charge in [0.15, 0.2) is 0 Å². The smallest absolute Gasteiger partial charge is 0.0474 e. The highest BCUT2D eigenvalue weighted by molar-refractivity contribution is 9.10. The molecule has 0 amide bonds. The maximum atomic E-state index is 9.39. The second-order valence-corrected chi connectivity index (χ2v) is 6.24. The van der Waals surface area contributed by atoms with E-state index in [1.807, 2.05) is 18.2 Å². The molecule has 0 aliphatic heterocycles. The minimum absolute atomic E-state index is 0.286. The van der Waals surface area contributed by atoms with Crippen molar-refractivity contribution >= 4 is 27.5 Å². The van der Waals surface area contributed by atoms with E-state index in [0.717, 1.165) is 28.9 Å². The zero-order valence-electron chi connectivity index (χ0n) is 10.3. The van der Waals surface area contributed by atoms with Crippen molar-refractivity contribution in [2.45, 2.75) is 38.3 Å². The van der Waals surface area contributed by atoms with Gasteiger partial charge >= 0.3 is 0 Å². The van der Waals surface area contributed by atoms with Crippen LogP contribution in [0.2, 0.25) is 5.02 Å². The molecule has 0 aromatic heterocycles. The van der Waals surface area contributed by atoms with Crippen molar-refractivity contribution in [2.75, 3.05) is 6.61 Å².